The number of hydrogen-bond donors (Lipinski definition) is 2. The second kappa shape index (κ2) is 6.43. The molecule has 0 aromatic heterocycles. The molecule has 0 aliphatic rings. The largest absolute Gasteiger partial charge is 0.508 e. The average molecular weight is 300 g/mol. The first-order valence-corrected chi connectivity index (χ1v) is 6.18. The third-order valence-electron chi connectivity index (χ3n) is 2.59. The second-order valence-electron chi connectivity index (χ2n) is 4.03. The topological polar surface area (TPSA) is 41.5 Å². The van der Waals surface area contributed by atoms with Crippen LogP contribution in [0.5, 0.6) is 11.5 Å². The molecule has 0 heterocycles. The van der Waals surface area contributed by atoms with Crippen LogP contribution >= 0.6 is 11.6 Å². The smallest absolute Gasteiger partial charge is 0.387 e. The van der Waals surface area contributed by atoms with Crippen molar-refractivity contribution in [1.29, 1.82) is 0 Å². The lowest BCUT2D eigenvalue weighted by Crippen LogP contribution is -2.07. The maximum absolute atomic E-state index is 12.3. The van der Waals surface area contributed by atoms with Gasteiger partial charge in [-0.05, 0) is 42.5 Å². The van der Waals surface area contributed by atoms with E-state index < -0.39 is 6.61 Å². The van der Waals surface area contributed by atoms with Gasteiger partial charge in [0, 0.05) is 22.8 Å². The SMILES string of the molecule is Oc1ccc(NCc2cc(Cl)ccc2OC(F)F)cc1. The zero-order valence-electron chi connectivity index (χ0n) is 10.3. The minimum absolute atomic E-state index is 0.0793. The van der Waals surface area contributed by atoms with E-state index in [0.717, 1.165) is 5.69 Å². The third kappa shape index (κ3) is 3.99. The number of hydrogen-bond acceptors (Lipinski definition) is 3. The van der Waals surface area contributed by atoms with E-state index in [-0.39, 0.29) is 18.0 Å². The lowest BCUT2D eigenvalue weighted by atomic mass is 10.2. The van der Waals surface area contributed by atoms with Crippen molar-refractivity contribution in [1.82, 2.24) is 0 Å². The van der Waals surface area contributed by atoms with Crippen LogP contribution in [-0.2, 0) is 6.54 Å². The van der Waals surface area contributed by atoms with Gasteiger partial charge in [-0.1, -0.05) is 11.6 Å². The highest BCUT2D eigenvalue weighted by molar-refractivity contribution is 6.30. The fraction of sp³-hybridized carbons (Fsp3) is 0.143. The fourth-order valence-electron chi connectivity index (χ4n) is 1.67. The van der Waals surface area contributed by atoms with E-state index in [2.05, 4.69) is 10.1 Å². The van der Waals surface area contributed by atoms with Crippen LogP contribution in [0.15, 0.2) is 42.5 Å². The number of ether oxygens (including phenoxy) is 1. The quantitative estimate of drug-likeness (QED) is 0.811. The van der Waals surface area contributed by atoms with Gasteiger partial charge < -0.3 is 15.2 Å². The van der Waals surface area contributed by atoms with E-state index in [1.807, 2.05) is 0 Å². The van der Waals surface area contributed by atoms with Crippen molar-refractivity contribution >= 4 is 17.3 Å². The van der Waals surface area contributed by atoms with E-state index in [1.54, 1.807) is 18.2 Å². The molecule has 0 radical (unpaired) electrons. The lowest BCUT2D eigenvalue weighted by molar-refractivity contribution is -0.0504. The molecule has 3 nitrogen and oxygen atoms in total. The molecule has 0 fully saturated rings. The number of phenolic OH excluding ortho intramolecular Hbond substituents is 1. The molecule has 0 bridgehead atoms. The summed E-state index contributed by atoms with van der Waals surface area (Å²) in [4.78, 5) is 0. The van der Waals surface area contributed by atoms with E-state index in [9.17, 15) is 13.9 Å². The Labute approximate surface area is 119 Å². The summed E-state index contributed by atoms with van der Waals surface area (Å²) in [5, 5.41) is 12.6. The molecule has 2 rings (SSSR count). The van der Waals surface area contributed by atoms with Gasteiger partial charge in [-0.3, -0.25) is 0 Å². The minimum atomic E-state index is -2.89. The van der Waals surface area contributed by atoms with Crippen LogP contribution in [-0.4, -0.2) is 11.7 Å². The summed E-state index contributed by atoms with van der Waals surface area (Å²) in [6.45, 7) is -2.61. The highest BCUT2D eigenvalue weighted by atomic mass is 35.5. The van der Waals surface area contributed by atoms with Crippen LogP contribution in [0.2, 0.25) is 5.02 Å². The predicted octanol–water partition coefficient (Wildman–Crippen LogP) is 4.26. The molecule has 106 valence electrons. The number of rotatable bonds is 5. The summed E-state index contributed by atoms with van der Waals surface area (Å²) in [6.07, 6.45) is 0. The molecule has 0 spiro atoms. The Bertz CT molecular complexity index is 576. The number of alkyl halides is 2. The van der Waals surface area contributed by atoms with Gasteiger partial charge in [-0.25, -0.2) is 0 Å². The molecule has 0 aliphatic carbocycles. The first-order valence-electron chi connectivity index (χ1n) is 5.81. The summed E-state index contributed by atoms with van der Waals surface area (Å²) >= 11 is 5.85. The molecule has 0 unspecified atom stereocenters. The van der Waals surface area contributed by atoms with Crippen LogP contribution < -0.4 is 10.1 Å². The average Bonchev–Trinajstić information content (AvgIpc) is 2.40. The molecule has 6 heteroatoms. The maximum Gasteiger partial charge on any atom is 0.387 e. The summed E-state index contributed by atoms with van der Waals surface area (Å²) in [5.41, 5.74) is 1.26. The summed E-state index contributed by atoms with van der Waals surface area (Å²) < 4.78 is 29.0. The second-order valence-corrected chi connectivity index (χ2v) is 4.47. The van der Waals surface area contributed by atoms with Crippen LogP contribution in [0.25, 0.3) is 0 Å². The van der Waals surface area contributed by atoms with Crippen molar-refractivity contribution in [2.45, 2.75) is 13.2 Å². The molecule has 20 heavy (non-hydrogen) atoms. The number of anilines is 1. The van der Waals surface area contributed by atoms with Crippen molar-refractivity contribution < 1.29 is 18.6 Å². The van der Waals surface area contributed by atoms with Gasteiger partial charge in [0.1, 0.15) is 11.5 Å². The van der Waals surface area contributed by atoms with E-state index in [0.29, 0.717) is 10.6 Å². The van der Waals surface area contributed by atoms with Crippen molar-refractivity contribution in [2.24, 2.45) is 0 Å². The van der Waals surface area contributed by atoms with Crippen LogP contribution in [0.3, 0.4) is 0 Å². The lowest BCUT2D eigenvalue weighted by Gasteiger charge is -2.12. The molecular weight excluding hydrogens is 288 g/mol. The molecule has 2 N–H and O–H groups in total. The number of halogens is 3. The van der Waals surface area contributed by atoms with Crippen molar-refractivity contribution in [3.8, 4) is 11.5 Å². The molecule has 0 saturated heterocycles. The third-order valence-corrected chi connectivity index (χ3v) is 2.82. The first kappa shape index (κ1) is 14.4. The number of nitrogens with one attached hydrogen (secondary N) is 1. The fourth-order valence-corrected chi connectivity index (χ4v) is 1.87. The Balaban J connectivity index is 2.11. The highest BCUT2D eigenvalue weighted by Gasteiger charge is 2.10. The zero-order valence-corrected chi connectivity index (χ0v) is 11.1. The molecular formula is C14H12ClF2NO2. The maximum atomic E-state index is 12.3. The summed E-state index contributed by atoms with van der Waals surface area (Å²) in [5.74, 6) is 0.232. The van der Waals surface area contributed by atoms with Crippen LogP contribution in [0.4, 0.5) is 14.5 Å². The first-order chi connectivity index (χ1) is 9.54. The summed E-state index contributed by atoms with van der Waals surface area (Å²) in [7, 11) is 0. The van der Waals surface area contributed by atoms with Crippen molar-refractivity contribution in [2.75, 3.05) is 5.32 Å². The van der Waals surface area contributed by atoms with Crippen LogP contribution in [0.1, 0.15) is 5.56 Å². The Kier molecular flexibility index (Phi) is 4.63. The van der Waals surface area contributed by atoms with Crippen molar-refractivity contribution in [3.05, 3.63) is 53.1 Å². The van der Waals surface area contributed by atoms with E-state index in [4.69, 9.17) is 11.6 Å². The molecule has 2 aromatic rings. The Morgan fingerprint density at radius 1 is 1.15 bits per heavy atom. The highest BCUT2D eigenvalue weighted by Crippen LogP contribution is 2.25. The van der Waals surface area contributed by atoms with Gasteiger partial charge in [-0.2, -0.15) is 8.78 Å². The zero-order chi connectivity index (χ0) is 14.5. The van der Waals surface area contributed by atoms with Gasteiger partial charge in [0.2, 0.25) is 0 Å². The van der Waals surface area contributed by atoms with Gasteiger partial charge >= 0.3 is 6.61 Å². The van der Waals surface area contributed by atoms with E-state index >= 15 is 0 Å². The minimum Gasteiger partial charge on any atom is -0.508 e. The van der Waals surface area contributed by atoms with Gasteiger partial charge in [0.05, 0.1) is 0 Å². The molecule has 0 atom stereocenters. The molecule has 0 aliphatic heterocycles. The molecule has 0 amide bonds. The summed E-state index contributed by atoms with van der Waals surface area (Å²) in [6, 6.07) is 10.9. The Hall–Kier alpha value is -2.01. The number of phenols is 1. The number of benzene rings is 2. The van der Waals surface area contributed by atoms with E-state index in [1.165, 1.54) is 24.3 Å². The van der Waals surface area contributed by atoms with Gasteiger partial charge in [-0.15, -0.1) is 0 Å². The Morgan fingerprint density at radius 3 is 2.50 bits per heavy atom. The predicted molar refractivity (Wildman–Crippen MR) is 73.5 cm³/mol. The standard InChI is InChI=1S/C14H12ClF2NO2/c15-10-1-6-13(20-14(16)17)9(7-10)8-18-11-2-4-12(19)5-3-11/h1-7,14,18-19H,8H2. The monoisotopic (exact) mass is 299 g/mol. The Morgan fingerprint density at radius 2 is 1.85 bits per heavy atom. The van der Waals surface area contributed by atoms with Crippen molar-refractivity contribution in [3.63, 3.8) is 0 Å². The normalized spacial score (nSPS) is 10.6. The molecule has 0 saturated carbocycles. The van der Waals surface area contributed by atoms with Gasteiger partial charge in [0.15, 0.2) is 0 Å². The van der Waals surface area contributed by atoms with Gasteiger partial charge in [0.25, 0.3) is 0 Å². The molecule has 2 aromatic carbocycles. The van der Waals surface area contributed by atoms with Crippen LogP contribution in [0, 0.1) is 0 Å². The number of aromatic hydroxyl groups is 1.